The second-order valence-electron chi connectivity index (χ2n) is 5.31. The molecule has 1 aliphatic rings. The van der Waals surface area contributed by atoms with Crippen LogP contribution in [0.1, 0.15) is 49.8 Å². The van der Waals surface area contributed by atoms with Gasteiger partial charge in [0, 0.05) is 15.1 Å². The van der Waals surface area contributed by atoms with Gasteiger partial charge in [-0.3, -0.25) is 0 Å². The Labute approximate surface area is 134 Å². The summed E-state index contributed by atoms with van der Waals surface area (Å²) in [4.78, 5) is 0. The minimum absolute atomic E-state index is 0.353. The molecular formula is C16H22BrClS. The lowest BCUT2D eigenvalue weighted by molar-refractivity contribution is 0.413. The summed E-state index contributed by atoms with van der Waals surface area (Å²) in [5.74, 6) is 1.83. The lowest BCUT2D eigenvalue weighted by Crippen LogP contribution is -2.26. The van der Waals surface area contributed by atoms with Crippen LogP contribution in [-0.4, -0.2) is 11.1 Å². The first-order chi connectivity index (χ1) is 9.22. The minimum Gasteiger partial charge on any atom is -0.153 e. The van der Waals surface area contributed by atoms with Gasteiger partial charge in [0.2, 0.25) is 0 Å². The Morgan fingerprint density at radius 1 is 1.26 bits per heavy atom. The predicted molar refractivity (Wildman–Crippen MR) is 91.2 cm³/mol. The van der Waals surface area contributed by atoms with Gasteiger partial charge in [-0.05, 0) is 42.2 Å². The van der Waals surface area contributed by atoms with Gasteiger partial charge in [0.05, 0.1) is 0 Å². The summed E-state index contributed by atoms with van der Waals surface area (Å²) >= 11 is 12.2. The number of rotatable bonds is 5. The number of hydrogen-bond acceptors (Lipinski definition) is 1. The highest BCUT2D eigenvalue weighted by Gasteiger charge is 2.33. The highest BCUT2D eigenvalue weighted by molar-refractivity contribution is 9.10. The van der Waals surface area contributed by atoms with Crippen molar-refractivity contribution in [3.05, 3.63) is 34.3 Å². The third kappa shape index (κ3) is 4.41. The van der Waals surface area contributed by atoms with Crippen LogP contribution in [0.3, 0.4) is 0 Å². The highest BCUT2D eigenvalue weighted by atomic mass is 79.9. The van der Waals surface area contributed by atoms with Crippen LogP contribution in [0.5, 0.6) is 0 Å². The molecule has 2 rings (SSSR count). The number of thioether (sulfide) groups is 1. The van der Waals surface area contributed by atoms with Crippen molar-refractivity contribution in [1.82, 2.24) is 0 Å². The summed E-state index contributed by atoms with van der Waals surface area (Å²) in [6.45, 7) is 2.26. The molecule has 106 valence electrons. The summed E-state index contributed by atoms with van der Waals surface area (Å²) in [5, 5.41) is 0.938. The molecule has 19 heavy (non-hydrogen) atoms. The van der Waals surface area contributed by atoms with Crippen LogP contribution in [-0.2, 0) is 0 Å². The fourth-order valence-corrected chi connectivity index (χ4v) is 5.22. The Balaban J connectivity index is 2.08. The number of halogens is 2. The van der Waals surface area contributed by atoms with E-state index >= 15 is 0 Å². The van der Waals surface area contributed by atoms with Gasteiger partial charge in [-0.25, -0.2) is 0 Å². The molecule has 1 heterocycles. The largest absolute Gasteiger partial charge is 0.153 e. The normalized spacial score (nSPS) is 27.4. The number of hydrogen-bond donors (Lipinski definition) is 0. The molecule has 1 saturated heterocycles. The number of alkyl halides is 1. The molecule has 1 fully saturated rings. The Kier molecular flexibility index (Phi) is 6.58. The van der Waals surface area contributed by atoms with Crippen LogP contribution in [0.15, 0.2) is 28.7 Å². The third-order valence-electron chi connectivity index (χ3n) is 3.88. The Morgan fingerprint density at radius 3 is 2.68 bits per heavy atom. The fourth-order valence-electron chi connectivity index (χ4n) is 2.79. The molecule has 1 aromatic carbocycles. The molecule has 0 radical (unpaired) electrons. The molecule has 0 saturated carbocycles. The van der Waals surface area contributed by atoms with Crippen molar-refractivity contribution in [3.8, 4) is 0 Å². The molecular weight excluding hydrogens is 340 g/mol. The quantitative estimate of drug-likeness (QED) is 0.430. The molecule has 0 aromatic heterocycles. The SMILES string of the molecule is CCCCC[C@H]1[C@H](Cl)CCS[C@@H]1c1ccc(Br)cc1. The van der Waals surface area contributed by atoms with Crippen LogP contribution >= 0.6 is 39.3 Å². The van der Waals surface area contributed by atoms with E-state index in [9.17, 15) is 0 Å². The van der Waals surface area contributed by atoms with Crippen molar-refractivity contribution in [2.24, 2.45) is 5.92 Å². The van der Waals surface area contributed by atoms with E-state index in [4.69, 9.17) is 11.6 Å². The Morgan fingerprint density at radius 2 is 2.00 bits per heavy atom. The van der Waals surface area contributed by atoms with E-state index in [-0.39, 0.29) is 0 Å². The van der Waals surface area contributed by atoms with Gasteiger partial charge in [0.1, 0.15) is 0 Å². The van der Waals surface area contributed by atoms with Crippen LogP contribution in [0.2, 0.25) is 0 Å². The van der Waals surface area contributed by atoms with Gasteiger partial charge in [-0.15, -0.1) is 11.6 Å². The van der Waals surface area contributed by atoms with E-state index in [1.807, 2.05) is 0 Å². The maximum Gasteiger partial charge on any atom is 0.0385 e. The molecule has 0 nitrogen and oxygen atoms in total. The van der Waals surface area contributed by atoms with Crippen LogP contribution < -0.4 is 0 Å². The predicted octanol–water partition coefficient (Wildman–Crippen LogP) is 6.43. The maximum absolute atomic E-state index is 6.61. The summed E-state index contributed by atoms with van der Waals surface area (Å²) in [7, 11) is 0. The van der Waals surface area contributed by atoms with Gasteiger partial charge in [0.25, 0.3) is 0 Å². The smallest absolute Gasteiger partial charge is 0.0385 e. The molecule has 1 aromatic rings. The molecule has 0 amide bonds. The minimum atomic E-state index is 0.353. The fraction of sp³-hybridized carbons (Fsp3) is 0.625. The molecule has 3 heteroatoms. The summed E-state index contributed by atoms with van der Waals surface area (Å²) in [6.07, 6.45) is 6.37. The van der Waals surface area contributed by atoms with Gasteiger partial charge in [-0.1, -0.05) is 54.2 Å². The summed E-state index contributed by atoms with van der Waals surface area (Å²) < 4.78 is 1.15. The van der Waals surface area contributed by atoms with Crippen LogP contribution in [0.25, 0.3) is 0 Å². The topological polar surface area (TPSA) is 0 Å². The maximum atomic E-state index is 6.61. The van der Waals surface area contributed by atoms with E-state index in [2.05, 4.69) is 58.9 Å². The van der Waals surface area contributed by atoms with Crippen molar-refractivity contribution < 1.29 is 0 Å². The van der Waals surface area contributed by atoms with Crippen LogP contribution in [0, 0.1) is 5.92 Å². The molecule has 0 N–H and O–H groups in total. The van der Waals surface area contributed by atoms with E-state index in [1.165, 1.54) is 37.0 Å². The lowest BCUT2D eigenvalue weighted by Gasteiger charge is -2.35. The summed E-state index contributed by atoms with van der Waals surface area (Å²) in [5.41, 5.74) is 1.44. The van der Waals surface area contributed by atoms with Crippen molar-refractivity contribution in [3.63, 3.8) is 0 Å². The zero-order chi connectivity index (χ0) is 13.7. The van der Waals surface area contributed by atoms with Crippen molar-refractivity contribution >= 4 is 39.3 Å². The van der Waals surface area contributed by atoms with Gasteiger partial charge in [0.15, 0.2) is 0 Å². The average Bonchev–Trinajstić information content (AvgIpc) is 2.42. The van der Waals surface area contributed by atoms with Gasteiger partial charge >= 0.3 is 0 Å². The lowest BCUT2D eigenvalue weighted by atomic mass is 9.88. The molecule has 0 aliphatic carbocycles. The zero-order valence-corrected chi connectivity index (χ0v) is 14.6. The number of benzene rings is 1. The van der Waals surface area contributed by atoms with Gasteiger partial charge in [-0.2, -0.15) is 11.8 Å². The van der Waals surface area contributed by atoms with Gasteiger partial charge < -0.3 is 0 Å². The second-order valence-corrected chi connectivity index (χ2v) is 8.03. The van der Waals surface area contributed by atoms with Crippen molar-refractivity contribution in [1.29, 1.82) is 0 Å². The van der Waals surface area contributed by atoms with E-state index in [0.717, 1.165) is 10.9 Å². The monoisotopic (exact) mass is 360 g/mol. The zero-order valence-electron chi connectivity index (χ0n) is 11.4. The van der Waals surface area contributed by atoms with E-state index < -0.39 is 0 Å². The Hall–Kier alpha value is 0.340. The third-order valence-corrected chi connectivity index (χ3v) is 6.41. The van der Waals surface area contributed by atoms with Crippen molar-refractivity contribution in [2.45, 2.75) is 49.7 Å². The van der Waals surface area contributed by atoms with E-state index in [0.29, 0.717) is 16.5 Å². The molecule has 0 spiro atoms. The van der Waals surface area contributed by atoms with Crippen molar-refractivity contribution in [2.75, 3.05) is 5.75 Å². The highest BCUT2D eigenvalue weighted by Crippen LogP contribution is 2.47. The molecule has 1 aliphatic heterocycles. The molecule has 0 unspecified atom stereocenters. The number of unbranched alkanes of at least 4 members (excludes halogenated alkanes) is 2. The first-order valence-corrected chi connectivity index (χ1v) is 9.51. The standard InChI is InChI=1S/C16H22BrClS/c1-2-3-4-5-14-15(18)10-11-19-16(14)12-6-8-13(17)9-7-12/h6-9,14-16H,2-5,10-11H2,1H3/t14-,15+,16+/m0/s1. The molecule has 0 bridgehead atoms. The second kappa shape index (κ2) is 7.95. The average molecular weight is 362 g/mol. The molecule has 3 atom stereocenters. The first kappa shape index (κ1) is 15.7. The summed E-state index contributed by atoms with van der Waals surface area (Å²) in [6, 6.07) is 8.81. The van der Waals surface area contributed by atoms with Crippen LogP contribution in [0.4, 0.5) is 0 Å². The van der Waals surface area contributed by atoms with E-state index in [1.54, 1.807) is 0 Å². The first-order valence-electron chi connectivity index (χ1n) is 7.23. The Bertz CT molecular complexity index is 379.